The van der Waals surface area contributed by atoms with Gasteiger partial charge in [0.15, 0.2) is 5.78 Å². The van der Waals surface area contributed by atoms with Crippen molar-refractivity contribution in [2.75, 3.05) is 0 Å². The molecule has 0 unspecified atom stereocenters. The maximum absolute atomic E-state index is 12.9. The first-order chi connectivity index (χ1) is 12.1. The molecule has 0 radical (unpaired) electrons. The third-order valence-electron chi connectivity index (χ3n) is 4.00. The van der Waals surface area contributed by atoms with E-state index >= 15 is 0 Å². The Morgan fingerprint density at radius 2 is 1.48 bits per heavy atom. The Bertz CT molecular complexity index is 933. The van der Waals surface area contributed by atoms with Gasteiger partial charge in [0.05, 0.1) is 11.3 Å². The first-order valence-corrected chi connectivity index (χ1v) is 7.97. The van der Waals surface area contributed by atoms with Crippen LogP contribution in [0.5, 0.6) is 5.75 Å². The molecule has 4 nitrogen and oxygen atoms in total. The summed E-state index contributed by atoms with van der Waals surface area (Å²) in [7, 11) is 0. The van der Waals surface area contributed by atoms with Crippen molar-refractivity contribution in [3.63, 3.8) is 0 Å². The van der Waals surface area contributed by atoms with E-state index in [0.29, 0.717) is 33.6 Å². The number of carbonyl (C=O) groups excluding carboxylic acids is 1. The van der Waals surface area contributed by atoms with E-state index in [1.54, 1.807) is 32.0 Å². The van der Waals surface area contributed by atoms with Crippen LogP contribution >= 0.6 is 0 Å². The van der Waals surface area contributed by atoms with Gasteiger partial charge in [-0.15, -0.1) is 5.11 Å². The van der Waals surface area contributed by atoms with E-state index in [9.17, 15) is 9.90 Å². The van der Waals surface area contributed by atoms with Gasteiger partial charge in [-0.2, -0.15) is 5.11 Å². The van der Waals surface area contributed by atoms with Gasteiger partial charge in [-0.3, -0.25) is 4.79 Å². The Kier molecular flexibility index (Phi) is 4.70. The molecule has 3 rings (SSSR count). The Morgan fingerprint density at radius 1 is 0.880 bits per heavy atom. The number of benzene rings is 3. The highest BCUT2D eigenvalue weighted by Crippen LogP contribution is 2.36. The summed E-state index contributed by atoms with van der Waals surface area (Å²) in [6, 6.07) is 20.0. The number of hydrogen-bond acceptors (Lipinski definition) is 4. The number of nitrogens with zero attached hydrogens (tertiary/aromatic N) is 2. The number of phenols is 1. The fourth-order valence-corrected chi connectivity index (χ4v) is 2.61. The smallest absolute Gasteiger partial charge is 0.195 e. The summed E-state index contributed by atoms with van der Waals surface area (Å²) in [5.41, 5.74) is 3.25. The van der Waals surface area contributed by atoms with Crippen LogP contribution in [0.25, 0.3) is 0 Å². The van der Waals surface area contributed by atoms with Crippen molar-refractivity contribution >= 4 is 17.2 Å². The first kappa shape index (κ1) is 16.6. The molecule has 0 spiro atoms. The van der Waals surface area contributed by atoms with Crippen molar-refractivity contribution in [1.29, 1.82) is 0 Å². The first-order valence-electron chi connectivity index (χ1n) is 7.97. The molecule has 0 atom stereocenters. The molecule has 0 aliphatic carbocycles. The molecule has 0 aliphatic rings. The molecule has 0 saturated heterocycles. The normalized spacial score (nSPS) is 11.0. The molecule has 0 bridgehead atoms. The number of ketones is 1. The predicted octanol–water partition coefficient (Wildman–Crippen LogP) is 5.66. The molecular formula is C21H18N2O2. The van der Waals surface area contributed by atoms with E-state index in [1.165, 1.54) is 0 Å². The van der Waals surface area contributed by atoms with E-state index in [1.807, 2.05) is 48.5 Å². The number of phenolic OH excluding ortho intramolecular Hbond substituents is 1. The average molecular weight is 330 g/mol. The fraction of sp³-hybridized carbons (Fsp3) is 0.0952. The standard InChI is InChI=1S/C21H18N2O2/c1-14-13-18(21(25)16-9-5-3-6-10-16)19(15(2)20(14)24)23-22-17-11-7-4-8-12-17/h3-13,24H,1-2H3. The number of hydrogen-bond donors (Lipinski definition) is 1. The summed E-state index contributed by atoms with van der Waals surface area (Å²) in [4.78, 5) is 12.9. The lowest BCUT2D eigenvalue weighted by Gasteiger charge is -2.11. The van der Waals surface area contributed by atoms with Crippen LogP contribution in [0.15, 0.2) is 77.0 Å². The van der Waals surface area contributed by atoms with Crippen LogP contribution in [-0.2, 0) is 0 Å². The van der Waals surface area contributed by atoms with Crippen molar-refractivity contribution in [2.45, 2.75) is 13.8 Å². The fourth-order valence-electron chi connectivity index (χ4n) is 2.61. The molecule has 3 aromatic carbocycles. The quantitative estimate of drug-likeness (QED) is 0.496. The van der Waals surface area contributed by atoms with Crippen LogP contribution in [0.3, 0.4) is 0 Å². The zero-order valence-electron chi connectivity index (χ0n) is 14.1. The van der Waals surface area contributed by atoms with Crippen molar-refractivity contribution in [1.82, 2.24) is 0 Å². The van der Waals surface area contributed by atoms with Crippen LogP contribution in [0.4, 0.5) is 11.4 Å². The molecular weight excluding hydrogens is 312 g/mol. The van der Waals surface area contributed by atoms with E-state index in [0.717, 1.165) is 0 Å². The van der Waals surface area contributed by atoms with Crippen LogP contribution in [0.1, 0.15) is 27.0 Å². The predicted molar refractivity (Wildman–Crippen MR) is 98.1 cm³/mol. The third kappa shape index (κ3) is 3.48. The maximum Gasteiger partial charge on any atom is 0.195 e. The zero-order chi connectivity index (χ0) is 17.8. The lowest BCUT2D eigenvalue weighted by atomic mass is 9.96. The SMILES string of the molecule is Cc1cc(C(=O)c2ccccc2)c(N=Nc2ccccc2)c(C)c1O. The minimum absolute atomic E-state index is 0.131. The Morgan fingerprint density at radius 3 is 2.12 bits per heavy atom. The highest BCUT2D eigenvalue weighted by atomic mass is 16.3. The van der Waals surface area contributed by atoms with Gasteiger partial charge in [0.1, 0.15) is 11.4 Å². The number of aromatic hydroxyl groups is 1. The third-order valence-corrected chi connectivity index (χ3v) is 4.00. The van der Waals surface area contributed by atoms with Gasteiger partial charge >= 0.3 is 0 Å². The van der Waals surface area contributed by atoms with Crippen molar-refractivity contribution < 1.29 is 9.90 Å². The molecule has 0 fully saturated rings. The van der Waals surface area contributed by atoms with E-state index in [4.69, 9.17) is 0 Å². The van der Waals surface area contributed by atoms with Crippen LogP contribution in [-0.4, -0.2) is 10.9 Å². The molecule has 0 aliphatic heterocycles. The highest BCUT2D eigenvalue weighted by molar-refractivity contribution is 6.12. The number of carbonyl (C=O) groups is 1. The van der Waals surface area contributed by atoms with Gasteiger partial charge in [0.2, 0.25) is 0 Å². The second-order valence-corrected chi connectivity index (χ2v) is 5.79. The monoisotopic (exact) mass is 330 g/mol. The molecule has 0 saturated carbocycles. The Balaban J connectivity index is 2.11. The Hall–Kier alpha value is -3.27. The summed E-state index contributed by atoms with van der Waals surface area (Å²) in [5.74, 6) is -0.0135. The highest BCUT2D eigenvalue weighted by Gasteiger charge is 2.19. The minimum atomic E-state index is -0.145. The molecule has 3 aromatic rings. The van der Waals surface area contributed by atoms with E-state index < -0.39 is 0 Å². The summed E-state index contributed by atoms with van der Waals surface area (Å²) < 4.78 is 0. The summed E-state index contributed by atoms with van der Waals surface area (Å²) in [6.45, 7) is 3.51. The molecule has 25 heavy (non-hydrogen) atoms. The van der Waals surface area contributed by atoms with Gasteiger partial charge in [0, 0.05) is 11.1 Å². The van der Waals surface area contributed by atoms with Gasteiger partial charge in [-0.25, -0.2) is 0 Å². The minimum Gasteiger partial charge on any atom is -0.507 e. The molecule has 124 valence electrons. The zero-order valence-corrected chi connectivity index (χ0v) is 14.1. The number of rotatable bonds is 4. The van der Waals surface area contributed by atoms with E-state index in [2.05, 4.69) is 10.2 Å². The number of aryl methyl sites for hydroxylation is 1. The summed E-state index contributed by atoms with van der Waals surface area (Å²) >= 11 is 0. The largest absolute Gasteiger partial charge is 0.507 e. The molecule has 0 aromatic heterocycles. The van der Waals surface area contributed by atoms with Gasteiger partial charge in [0.25, 0.3) is 0 Å². The van der Waals surface area contributed by atoms with Gasteiger partial charge in [-0.1, -0.05) is 48.5 Å². The van der Waals surface area contributed by atoms with Crippen molar-refractivity contribution in [2.24, 2.45) is 10.2 Å². The molecule has 1 N–H and O–H groups in total. The second kappa shape index (κ2) is 7.09. The molecule has 4 heteroatoms. The van der Waals surface area contributed by atoms with Crippen LogP contribution < -0.4 is 0 Å². The lowest BCUT2D eigenvalue weighted by molar-refractivity contribution is 0.103. The van der Waals surface area contributed by atoms with E-state index in [-0.39, 0.29) is 11.5 Å². The second-order valence-electron chi connectivity index (χ2n) is 5.79. The van der Waals surface area contributed by atoms with Crippen LogP contribution in [0.2, 0.25) is 0 Å². The molecule has 0 amide bonds. The van der Waals surface area contributed by atoms with Crippen LogP contribution in [0, 0.1) is 13.8 Å². The van der Waals surface area contributed by atoms with Crippen molar-refractivity contribution in [3.8, 4) is 5.75 Å². The molecule has 0 heterocycles. The van der Waals surface area contributed by atoms with Crippen molar-refractivity contribution in [3.05, 3.63) is 89.0 Å². The summed E-state index contributed by atoms with van der Waals surface area (Å²) in [6.07, 6.45) is 0. The van der Waals surface area contributed by atoms with Gasteiger partial charge in [-0.05, 0) is 37.6 Å². The Labute approximate surface area is 146 Å². The average Bonchev–Trinajstić information content (AvgIpc) is 2.66. The lowest BCUT2D eigenvalue weighted by Crippen LogP contribution is -2.03. The van der Waals surface area contributed by atoms with Gasteiger partial charge < -0.3 is 5.11 Å². The maximum atomic E-state index is 12.9. The topological polar surface area (TPSA) is 62.0 Å². The summed E-state index contributed by atoms with van der Waals surface area (Å²) in [5, 5.41) is 18.7. The number of azo groups is 1.